The summed E-state index contributed by atoms with van der Waals surface area (Å²) in [4.78, 5) is 20.3. The van der Waals surface area contributed by atoms with E-state index in [-0.39, 0.29) is 11.5 Å². The predicted octanol–water partition coefficient (Wildman–Crippen LogP) is 6.15. The van der Waals surface area contributed by atoms with Crippen molar-refractivity contribution < 1.29 is 14.8 Å². The third-order valence-corrected chi connectivity index (χ3v) is 4.39. The molecule has 0 saturated carbocycles. The minimum absolute atomic E-state index is 0.122. The zero-order valence-electron chi connectivity index (χ0n) is 15.8. The van der Waals surface area contributed by atoms with Gasteiger partial charge in [-0.05, 0) is 38.5 Å². The molecule has 5 heteroatoms. The fourth-order valence-corrected chi connectivity index (χ4v) is 2.87. The van der Waals surface area contributed by atoms with Crippen molar-refractivity contribution in [3.8, 4) is 0 Å². The Morgan fingerprint density at radius 3 is 1.56 bits per heavy atom. The van der Waals surface area contributed by atoms with Crippen LogP contribution in [0.3, 0.4) is 0 Å². The van der Waals surface area contributed by atoms with Gasteiger partial charge < -0.3 is 5.11 Å². The van der Waals surface area contributed by atoms with Crippen LogP contribution in [-0.2, 0) is 4.79 Å². The van der Waals surface area contributed by atoms with Crippen molar-refractivity contribution in [3.05, 3.63) is 22.3 Å². The molecular formula is C20H37NO4. The summed E-state index contributed by atoms with van der Waals surface area (Å²) in [5.74, 6) is -0.685. The highest BCUT2D eigenvalue weighted by molar-refractivity contribution is 5.66. The van der Waals surface area contributed by atoms with Crippen LogP contribution in [-0.4, -0.2) is 22.5 Å². The van der Waals surface area contributed by atoms with Crippen LogP contribution in [0.2, 0.25) is 0 Å². The van der Waals surface area contributed by atoms with Crippen molar-refractivity contribution in [1.29, 1.82) is 0 Å². The lowest BCUT2D eigenvalue weighted by Crippen LogP contribution is -1.99. The quantitative estimate of drug-likeness (QED) is 0.130. The minimum Gasteiger partial charge on any atom is -0.481 e. The monoisotopic (exact) mass is 355 g/mol. The first-order valence-corrected chi connectivity index (χ1v) is 10.1. The molecule has 0 aliphatic carbocycles. The normalized spacial score (nSPS) is 11.2. The van der Waals surface area contributed by atoms with Crippen molar-refractivity contribution >= 4 is 5.97 Å². The molecule has 0 aromatic carbocycles. The van der Waals surface area contributed by atoms with Gasteiger partial charge in [-0.25, -0.2) is 0 Å². The zero-order chi connectivity index (χ0) is 18.6. The van der Waals surface area contributed by atoms with Crippen molar-refractivity contribution in [2.24, 2.45) is 0 Å². The van der Waals surface area contributed by atoms with Crippen LogP contribution in [0.1, 0.15) is 103 Å². The van der Waals surface area contributed by atoms with Gasteiger partial charge >= 0.3 is 5.97 Å². The second-order valence-corrected chi connectivity index (χ2v) is 6.85. The Labute approximate surface area is 153 Å². The Bertz CT molecular complexity index is 356. The second-order valence-electron chi connectivity index (χ2n) is 6.85. The first-order valence-electron chi connectivity index (χ1n) is 10.1. The van der Waals surface area contributed by atoms with E-state index in [1.54, 1.807) is 0 Å². The van der Waals surface area contributed by atoms with Gasteiger partial charge in [0.25, 0.3) is 0 Å². The lowest BCUT2D eigenvalue weighted by Gasteiger charge is -2.00. The molecule has 0 atom stereocenters. The summed E-state index contributed by atoms with van der Waals surface area (Å²) in [5.41, 5.74) is 0. The summed E-state index contributed by atoms with van der Waals surface area (Å²) < 4.78 is 0. The molecule has 0 heterocycles. The van der Waals surface area contributed by atoms with Crippen molar-refractivity contribution in [2.45, 2.75) is 103 Å². The first-order chi connectivity index (χ1) is 12.1. The lowest BCUT2D eigenvalue weighted by atomic mass is 10.1. The van der Waals surface area contributed by atoms with E-state index in [1.807, 2.05) is 0 Å². The minimum atomic E-state index is -0.685. The molecule has 0 aliphatic rings. The number of hydrogen-bond donors (Lipinski definition) is 1. The number of aliphatic carboxylic acids is 1. The van der Waals surface area contributed by atoms with Crippen LogP contribution in [0.15, 0.2) is 12.2 Å². The molecule has 1 N–H and O–H groups in total. The Kier molecular flexibility index (Phi) is 17.9. The molecule has 0 rings (SSSR count). The lowest BCUT2D eigenvalue weighted by molar-refractivity contribution is -0.480. The standard InChI is InChI=1S/C20H37NO4/c22-20(23)18-16-14-12-10-8-6-4-2-1-3-5-7-9-11-13-15-17-19-21(24)25/h2,4H,1,3,5-19H2,(H,22,23)/b4-2-. The Morgan fingerprint density at radius 2 is 1.12 bits per heavy atom. The van der Waals surface area contributed by atoms with E-state index in [0.717, 1.165) is 44.9 Å². The summed E-state index contributed by atoms with van der Waals surface area (Å²) in [6, 6.07) is 0. The molecular weight excluding hydrogens is 318 g/mol. The number of allylic oxidation sites excluding steroid dienone is 2. The van der Waals surface area contributed by atoms with E-state index < -0.39 is 5.97 Å². The highest BCUT2D eigenvalue weighted by atomic mass is 16.6. The predicted molar refractivity (Wildman–Crippen MR) is 103 cm³/mol. The number of carbonyl (C=O) groups is 1. The number of carboxylic acid groups (broad SMARTS) is 1. The number of hydrogen-bond acceptors (Lipinski definition) is 3. The Morgan fingerprint density at radius 1 is 0.720 bits per heavy atom. The van der Waals surface area contributed by atoms with Crippen LogP contribution < -0.4 is 0 Å². The van der Waals surface area contributed by atoms with Gasteiger partial charge in [-0.15, -0.1) is 0 Å². The van der Waals surface area contributed by atoms with E-state index in [2.05, 4.69) is 12.2 Å². The summed E-state index contributed by atoms with van der Waals surface area (Å²) in [6.45, 7) is 0.122. The average molecular weight is 356 g/mol. The second kappa shape index (κ2) is 18.9. The maximum absolute atomic E-state index is 10.4. The highest BCUT2D eigenvalue weighted by Crippen LogP contribution is 2.11. The van der Waals surface area contributed by atoms with Gasteiger partial charge in [-0.2, -0.15) is 0 Å². The van der Waals surface area contributed by atoms with E-state index in [0.29, 0.717) is 6.42 Å². The molecule has 0 bridgehead atoms. The van der Waals surface area contributed by atoms with Gasteiger partial charge in [0.2, 0.25) is 6.54 Å². The molecule has 0 fully saturated rings. The summed E-state index contributed by atoms with van der Waals surface area (Å²) in [6.07, 6.45) is 21.7. The molecule has 5 nitrogen and oxygen atoms in total. The van der Waals surface area contributed by atoms with E-state index in [9.17, 15) is 14.9 Å². The molecule has 0 saturated heterocycles. The van der Waals surface area contributed by atoms with Gasteiger partial charge in [0.05, 0.1) is 0 Å². The average Bonchev–Trinajstić information content (AvgIpc) is 2.56. The molecule has 0 unspecified atom stereocenters. The van der Waals surface area contributed by atoms with Crippen LogP contribution in [0.25, 0.3) is 0 Å². The van der Waals surface area contributed by atoms with Crippen LogP contribution >= 0.6 is 0 Å². The number of nitrogens with zero attached hydrogens (tertiary/aromatic N) is 1. The molecule has 0 amide bonds. The zero-order valence-corrected chi connectivity index (χ0v) is 15.8. The van der Waals surface area contributed by atoms with Gasteiger partial charge in [-0.3, -0.25) is 14.9 Å². The summed E-state index contributed by atoms with van der Waals surface area (Å²) in [7, 11) is 0. The van der Waals surface area contributed by atoms with Crippen molar-refractivity contribution in [2.75, 3.05) is 6.54 Å². The fraction of sp³-hybridized carbons (Fsp3) is 0.850. The fourth-order valence-electron chi connectivity index (χ4n) is 2.87. The maximum Gasteiger partial charge on any atom is 0.303 e. The molecule has 0 aromatic heterocycles. The molecule has 146 valence electrons. The number of carboxylic acids is 1. The molecule has 0 aliphatic heterocycles. The number of rotatable bonds is 19. The Hall–Kier alpha value is -1.39. The summed E-state index contributed by atoms with van der Waals surface area (Å²) in [5, 5.41) is 18.7. The SMILES string of the molecule is O=C(O)CCCCCCC/C=C\CCCCCCCCCC[N+](=O)[O-]. The van der Waals surface area contributed by atoms with Crippen LogP contribution in [0, 0.1) is 10.1 Å². The highest BCUT2D eigenvalue weighted by Gasteiger charge is 1.97. The van der Waals surface area contributed by atoms with Gasteiger partial charge in [0.15, 0.2) is 0 Å². The topological polar surface area (TPSA) is 80.4 Å². The van der Waals surface area contributed by atoms with E-state index in [1.165, 1.54) is 51.4 Å². The smallest absolute Gasteiger partial charge is 0.303 e. The van der Waals surface area contributed by atoms with E-state index >= 15 is 0 Å². The maximum atomic E-state index is 10.4. The third kappa shape index (κ3) is 22.6. The molecule has 0 radical (unpaired) electrons. The first kappa shape index (κ1) is 23.6. The van der Waals surface area contributed by atoms with Crippen LogP contribution in [0.5, 0.6) is 0 Å². The largest absolute Gasteiger partial charge is 0.481 e. The van der Waals surface area contributed by atoms with Gasteiger partial charge in [0.1, 0.15) is 0 Å². The van der Waals surface area contributed by atoms with Crippen LogP contribution in [0.4, 0.5) is 0 Å². The molecule has 25 heavy (non-hydrogen) atoms. The third-order valence-electron chi connectivity index (χ3n) is 4.39. The van der Waals surface area contributed by atoms with Crippen molar-refractivity contribution in [3.63, 3.8) is 0 Å². The van der Waals surface area contributed by atoms with E-state index in [4.69, 9.17) is 5.11 Å². The Balaban J connectivity index is 3.11. The number of nitro groups is 1. The molecule has 0 spiro atoms. The van der Waals surface area contributed by atoms with Gasteiger partial charge in [0, 0.05) is 17.8 Å². The summed E-state index contributed by atoms with van der Waals surface area (Å²) >= 11 is 0. The number of unbranched alkanes of at least 4 members (excludes halogenated alkanes) is 13. The van der Waals surface area contributed by atoms with Crippen molar-refractivity contribution in [1.82, 2.24) is 0 Å². The van der Waals surface area contributed by atoms with Gasteiger partial charge in [-0.1, -0.05) is 63.5 Å². The molecule has 0 aromatic rings.